The van der Waals surface area contributed by atoms with Crippen molar-refractivity contribution in [1.29, 1.82) is 0 Å². The first kappa shape index (κ1) is 15.4. The van der Waals surface area contributed by atoms with Gasteiger partial charge in [-0.15, -0.1) is 11.8 Å². The third-order valence-electron chi connectivity index (χ3n) is 3.06. The maximum Gasteiger partial charge on any atom is 0.338 e. The van der Waals surface area contributed by atoms with Crippen LogP contribution in [0.5, 0.6) is 5.75 Å². The monoisotopic (exact) mass is 303 g/mol. The molecule has 0 aliphatic carbocycles. The largest absolute Gasteiger partial charge is 0.497 e. The Labute approximate surface area is 128 Å². The van der Waals surface area contributed by atoms with Crippen molar-refractivity contribution in [3.8, 4) is 5.75 Å². The van der Waals surface area contributed by atoms with Gasteiger partial charge in [-0.05, 0) is 43.2 Å². The normalized spacial score (nSPS) is 10.4. The number of rotatable bonds is 5. The highest BCUT2D eigenvalue weighted by Gasteiger charge is 2.16. The molecule has 1 aromatic carbocycles. The van der Waals surface area contributed by atoms with Crippen molar-refractivity contribution in [2.75, 3.05) is 7.11 Å². The zero-order chi connectivity index (χ0) is 15.4. The first-order valence-corrected chi connectivity index (χ1v) is 7.47. The second-order valence-corrected chi connectivity index (χ2v) is 5.67. The lowest BCUT2D eigenvalue weighted by Crippen LogP contribution is -2.05. The molecule has 0 bridgehead atoms. The lowest BCUT2D eigenvalue weighted by molar-refractivity contribution is 0.0691. The Balaban J connectivity index is 2.20. The van der Waals surface area contributed by atoms with Crippen LogP contribution in [0.3, 0.4) is 0 Å². The van der Waals surface area contributed by atoms with Crippen molar-refractivity contribution in [1.82, 2.24) is 4.98 Å². The number of benzene rings is 1. The molecule has 110 valence electrons. The van der Waals surface area contributed by atoms with Crippen LogP contribution in [0.4, 0.5) is 0 Å². The van der Waals surface area contributed by atoms with Crippen molar-refractivity contribution in [3.05, 3.63) is 52.7 Å². The van der Waals surface area contributed by atoms with E-state index >= 15 is 0 Å². The average molecular weight is 303 g/mol. The first-order chi connectivity index (χ1) is 10.0. The van der Waals surface area contributed by atoms with Gasteiger partial charge in [0.15, 0.2) is 0 Å². The molecule has 0 fully saturated rings. The van der Waals surface area contributed by atoms with Crippen LogP contribution in [0.25, 0.3) is 0 Å². The summed E-state index contributed by atoms with van der Waals surface area (Å²) >= 11 is 1.44. The van der Waals surface area contributed by atoms with Gasteiger partial charge in [0.05, 0.1) is 12.7 Å². The molecule has 1 aromatic heterocycles. The number of nitrogens with zero attached hydrogens (tertiary/aromatic N) is 1. The van der Waals surface area contributed by atoms with Crippen LogP contribution in [0.1, 0.15) is 27.2 Å². The van der Waals surface area contributed by atoms with E-state index in [1.54, 1.807) is 20.1 Å². The second-order valence-electron chi connectivity index (χ2n) is 4.70. The Morgan fingerprint density at radius 3 is 2.52 bits per heavy atom. The van der Waals surface area contributed by atoms with Crippen molar-refractivity contribution in [3.63, 3.8) is 0 Å². The molecule has 0 aliphatic heterocycles. The van der Waals surface area contributed by atoms with Crippen molar-refractivity contribution >= 4 is 17.7 Å². The molecule has 1 N–H and O–H groups in total. The quantitative estimate of drug-likeness (QED) is 0.853. The van der Waals surface area contributed by atoms with E-state index in [-0.39, 0.29) is 0 Å². The van der Waals surface area contributed by atoms with Crippen LogP contribution < -0.4 is 4.74 Å². The fraction of sp³-hybridized carbons (Fsp3) is 0.250. The van der Waals surface area contributed by atoms with E-state index < -0.39 is 5.97 Å². The van der Waals surface area contributed by atoms with Gasteiger partial charge in [0.1, 0.15) is 10.8 Å². The van der Waals surface area contributed by atoms with Crippen molar-refractivity contribution in [2.45, 2.75) is 24.6 Å². The third-order valence-corrected chi connectivity index (χ3v) is 4.11. The number of thioether (sulfide) groups is 1. The molecule has 0 aliphatic rings. The molecule has 21 heavy (non-hydrogen) atoms. The Bertz CT molecular complexity index is 653. The number of hydrogen-bond donors (Lipinski definition) is 1. The number of carboxylic acids is 1. The summed E-state index contributed by atoms with van der Waals surface area (Å²) in [4.78, 5) is 15.7. The average Bonchev–Trinajstić information content (AvgIpc) is 2.44. The molecule has 0 unspecified atom stereocenters. The summed E-state index contributed by atoms with van der Waals surface area (Å²) < 4.78 is 5.12. The van der Waals surface area contributed by atoms with Gasteiger partial charge in [0.2, 0.25) is 0 Å². The Hall–Kier alpha value is -2.01. The van der Waals surface area contributed by atoms with Crippen LogP contribution in [0.15, 0.2) is 35.4 Å². The fourth-order valence-electron chi connectivity index (χ4n) is 2.04. The maximum absolute atomic E-state index is 11.4. The van der Waals surface area contributed by atoms with Gasteiger partial charge in [-0.25, -0.2) is 9.78 Å². The van der Waals surface area contributed by atoms with Crippen LogP contribution in [-0.4, -0.2) is 23.2 Å². The minimum Gasteiger partial charge on any atom is -0.497 e. The molecule has 0 saturated heterocycles. The standard InChI is InChI=1S/C16H17NO3S/c1-10-8-11(2)17-15(14(10)16(18)19)21-9-12-4-6-13(20-3)7-5-12/h4-8H,9H2,1-3H3,(H,18,19). The highest BCUT2D eigenvalue weighted by atomic mass is 32.2. The minimum absolute atomic E-state index is 0.291. The molecule has 5 heteroatoms. The molecule has 0 spiro atoms. The van der Waals surface area contributed by atoms with E-state index in [2.05, 4.69) is 4.98 Å². The van der Waals surface area contributed by atoms with Crippen LogP contribution in [-0.2, 0) is 5.75 Å². The molecule has 2 aromatic rings. The van der Waals surface area contributed by atoms with E-state index in [4.69, 9.17) is 4.74 Å². The number of hydrogen-bond acceptors (Lipinski definition) is 4. The Morgan fingerprint density at radius 1 is 1.29 bits per heavy atom. The van der Waals surface area contributed by atoms with Crippen LogP contribution in [0, 0.1) is 13.8 Å². The number of ether oxygens (including phenoxy) is 1. The fourth-order valence-corrected chi connectivity index (χ4v) is 3.14. The predicted octanol–water partition coefficient (Wildman–Crippen LogP) is 3.70. The van der Waals surface area contributed by atoms with Gasteiger partial charge in [-0.1, -0.05) is 12.1 Å². The minimum atomic E-state index is -0.933. The highest BCUT2D eigenvalue weighted by Crippen LogP contribution is 2.27. The molecule has 0 atom stereocenters. The number of aromatic nitrogens is 1. The highest BCUT2D eigenvalue weighted by molar-refractivity contribution is 7.98. The topological polar surface area (TPSA) is 59.4 Å². The van der Waals surface area contributed by atoms with Gasteiger partial charge in [-0.2, -0.15) is 0 Å². The number of aromatic carboxylic acids is 1. The van der Waals surface area contributed by atoms with Crippen molar-refractivity contribution < 1.29 is 14.6 Å². The summed E-state index contributed by atoms with van der Waals surface area (Å²) in [6.45, 7) is 3.67. The lowest BCUT2D eigenvalue weighted by atomic mass is 10.1. The molecular formula is C16H17NO3S. The number of carboxylic acid groups (broad SMARTS) is 1. The van der Waals surface area contributed by atoms with E-state index in [9.17, 15) is 9.90 Å². The van der Waals surface area contributed by atoms with Gasteiger partial charge in [0, 0.05) is 11.4 Å². The second kappa shape index (κ2) is 6.63. The molecule has 0 radical (unpaired) electrons. The van der Waals surface area contributed by atoms with Gasteiger partial charge >= 0.3 is 5.97 Å². The number of carbonyl (C=O) groups is 1. The smallest absolute Gasteiger partial charge is 0.338 e. The van der Waals surface area contributed by atoms with Gasteiger partial charge < -0.3 is 9.84 Å². The van der Waals surface area contributed by atoms with Crippen LogP contribution >= 0.6 is 11.8 Å². The van der Waals surface area contributed by atoms with Crippen molar-refractivity contribution in [2.24, 2.45) is 0 Å². The molecule has 1 heterocycles. The predicted molar refractivity (Wildman–Crippen MR) is 83.2 cm³/mol. The molecular weight excluding hydrogens is 286 g/mol. The van der Waals surface area contributed by atoms with E-state index in [1.807, 2.05) is 31.2 Å². The number of methoxy groups -OCH3 is 1. The van der Waals surface area contributed by atoms with E-state index in [0.29, 0.717) is 16.3 Å². The SMILES string of the molecule is COc1ccc(CSc2nc(C)cc(C)c2C(=O)O)cc1. The molecule has 2 rings (SSSR count). The summed E-state index contributed by atoms with van der Waals surface area (Å²) in [5.74, 6) is 0.539. The lowest BCUT2D eigenvalue weighted by Gasteiger charge is -2.09. The maximum atomic E-state index is 11.4. The van der Waals surface area contributed by atoms with E-state index in [0.717, 1.165) is 22.6 Å². The Kier molecular flexibility index (Phi) is 4.85. The summed E-state index contributed by atoms with van der Waals surface area (Å²) in [7, 11) is 1.63. The number of pyridine rings is 1. The molecule has 0 amide bonds. The summed E-state index contributed by atoms with van der Waals surface area (Å²) in [6, 6.07) is 9.51. The summed E-state index contributed by atoms with van der Waals surface area (Å²) in [5, 5.41) is 9.90. The molecule has 4 nitrogen and oxygen atoms in total. The zero-order valence-corrected chi connectivity index (χ0v) is 13.0. The van der Waals surface area contributed by atoms with Crippen LogP contribution in [0.2, 0.25) is 0 Å². The summed E-state index contributed by atoms with van der Waals surface area (Å²) in [5.41, 5.74) is 2.96. The van der Waals surface area contributed by atoms with E-state index in [1.165, 1.54) is 11.8 Å². The Morgan fingerprint density at radius 2 is 1.95 bits per heavy atom. The first-order valence-electron chi connectivity index (χ1n) is 6.48. The molecule has 0 saturated carbocycles. The van der Waals surface area contributed by atoms with Gasteiger partial charge in [-0.3, -0.25) is 0 Å². The summed E-state index contributed by atoms with van der Waals surface area (Å²) in [6.07, 6.45) is 0. The third kappa shape index (κ3) is 3.76. The van der Waals surface area contributed by atoms with Gasteiger partial charge in [0.25, 0.3) is 0 Å². The zero-order valence-electron chi connectivity index (χ0n) is 12.2. The number of aryl methyl sites for hydroxylation is 2.